The molecule has 1 aliphatic rings. The molecule has 0 bridgehead atoms. The number of carbonyl (C=O) groups excluding carboxylic acids is 1. The molecule has 0 spiro atoms. The molecule has 0 saturated heterocycles. The maximum Gasteiger partial charge on any atom is 0.262 e. The molecule has 3 rings (SSSR count). The van der Waals surface area contributed by atoms with Gasteiger partial charge in [0, 0.05) is 11.6 Å². The lowest BCUT2D eigenvalue weighted by Crippen LogP contribution is -2.16. The van der Waals surface area contributed by atoms with E-state index in [0.717, 1.165) is 12.8 Å². The first kappa shape index (κ1) is 15.8. The van der Waals surface area contributed by atoms with E-state index in [1.165, 1.54) is 12.1 Å². The fourth-order valence-electron chi connectivity index (χ4n) is 2.08. The lowest BCUT2D eigenvalue weighted by atomic mass is 10.3. The second-order valence-electron chi connectivity index (χ2n) is 5.38. The molecule has 120 valence electrons. The number of nitrogens with one attached hydrogen (secondary N) is 2. The molecule has 0 heterocycles. The predicted molar refractivity (Wildman–Crippen MR) is 90.1 cm³/mol. The summed E-state index contributed by atoms with van der Waals surface area (Å²) in [6, 6.07) is 12.7. The van der Waals surface area contributed by atoms with Gasteiger partial charge in [0.25, 0.3) is 10.0 Å². The molecular formula is C16H15ClN2O3S. The summed E-state index contributed by atoms with van der Waals surface area (Å²) in [5, 5.41) is 3.05. The van der Waals surface area contributed by atoms with E-state index < -0.39 is 10.0 Å². The molecule has 23 heavy (non-hydrogen) atoms. The van der Waals surface area contributed by atoms with Crippen molar-refractivity contribution in [1.29, 1.82) is 0 Å². The molecule has 2 N–H and O–H groups in total. The van der Waals surface area contributed by atoms with Gasteiger partial charge >= 0.3 is 0 Å². The molecule has 1 amide bonds. The Hall–Kier alpha value is -2.05. The topological polar surface area (TPSA) is 75.3 Å². The molecule has 0 atom stereocenters. The first-order valence-electron chi connectivity index (χ1n) is 7.14. The van der Waals surface area contributed by atoms with E-state index in [-0.39, 0.29) is 16.7 Å². The molecule has 0 aliphatic heterocycles. The van der Waals surface area contributed by atoms with Gasteiger partial charge in [-0.3, -0.25) is 9.52 Å². The number of benzene rings is 2. The summed E-state index contributed by atoms with van der Waals surface area (Å²) in [4.78, 5) is 11.8. The monoisotopic (exact) mass is 350 g/mol. The third kappa shape index (κ3) is 3.83. The number of halogens is 1. The number of sulfonamides is 1. The molecule has 5 nitrogen and oxygen atoms in total. The maximum atomic E-state index is 12.5. The first-order valence-corrected chi connectivity index (χ1v) is 9.00. The zero-order valence-electron chi connectivity index (χ0n) is 12.1. The molecule has 0 unspecified atom stereocenters. The fraction of sp³-hybridized carbons (Fsp3) is 0.188. The van der Waals surface area contributed by atoms with Crippen molar-refractivity contribution in [3.05, 3.63) is 53.6 Å². The normalized spacial score (nSPS) is 14.3. The molecule has 2 aromatic carbocycles. The Bertz CT molecular complexity index is 848. The summed E-state index contributed by atoms with van der Waals surface area (Å²) in [6.45, 7) is 0. The molecule has 7 heteroatoms. The Labute approximate surface area is 139 Å². The van der Waals surface area contributed by atoms with Gasteiger partial charge in [-0.15, -0.1) is 0 Å². The smallest absolute Gasteiger partial charge is 0.262 e. The molecular weight excluding hydrogens is 336 g/mol. The van der Waals surface area contributed by atoms with Crippen molar-refractivity contribution in [3.8, 4) is 0 Å². The highest BCUT2D eigenvalue weighted by Crippen LogP contribution is 2.30. The zero-order valence-corrected chi connectivity index (χ0v) is 13.7. The minimum atomic E-state index is -3.78. The Morgan fingerprint density at radius 2 is 1.83 bits per heavy atom. The van der Waals surface area contributed by atoms with E-state index in [2.05, 4.69) is 10.0 Å². The van der Waals surface area contributed by atoms with Crippen LogP contribution >= 0.6 is 11.6 Å². The molecule has 0 radical (unpaired) electrons. The van der Waals surface area contributed by atoms with Crippen LogP contribution in [0.15, 0.2) is 53.4 Å². The van der Waals surface area contributed by atoms with Crippen LogP contribution in [0.1, 0.15) is 12.8 Å². The van der Waals surface area contributed by atoms with Crippen LogP contribution in [0.5, 0.6) is 0 Å². The Balaban J connectivity index is 1.82. The number of rotatable bonds is 5. The van der Waals surface area contributed by atoms with Crippen LogP contribution in [0.2, 0.25) is 5.02 Å². The number of para-hydroxylation sites is 1. The number of carbonyl (C=O) groups is 1. The van der Waals surface area contributed by atoms with Crippen molar-refractivity contribution in [3.63, 3.8) is 0 Å². The molecule has 1 aliphatic carbocycles. The van der Waals surface area contributed by atoms with E-state index in [4.69, 9.17) is 11.6 Å². The summed E-state index contributed by atoms with van der Waals surface area (Å²) in [7, 11) is -3.78. The van der Waals surface area contributed by atoms with Gasteiger partial charge in [0.15, 0.2) is 0 Å². The Morgan fingerprint density at radius 3 is 2.52 bits per heavy atom. The van der Waals surface area contributed by atoms with E-state index in [9.17, 15) is 13.2 Å². The fourth-order valence-corrected chi connectivity index (χ4v) is 3.44. The van der Waals surface area contributed by atoms with Crippen molar-refractivity contribution in [2.24, 2.45) is 5.92 Å². The molecule has 0 aromatic heterocycles. The number of hydrogen-bond acceptors (Lipinski definition) is 3. The van der Waals surface area contributed by atoms with Crippen LogP contribution in [0.4, 0.5) is 11.4 Å². The second kappa shape index (κ2) is 6.22. The first-order chi connectivity index (χ1) is 11.0. The van der Waals surface area contributed by atoms with Gasteiger partial charge in [-0.05, 0) is 43.2 Å². The Kier molecular flexibility index (Phi) is 4.28. The zero-order chi connectivity index (χ0) is 16.4. The lowest BCUT2D eigenvalue weighted by Gasteiger charge is -2.11. The summed E-state index contributed by atoms with van der Waals surface area (Å²) >= 11 is 5.98. The van der Waals surface area contributed by atoms with Crippen molar-refractivity contribution in [1.82, 2.24) is 0 Å². The molecule has 2 aromatic rings. The van der Waals surface area contributed by atoms with E-state index in [1.54, 1.807) is 36.4 Å². The maximum absolute atomic E-state index is 12.5. The van der Waals surface area contributed by atoms with Gasteiger partial charge in [-0.2, -0.15) is 0 Å². The largest absolute Gasteiger partial charge is 0.326 e. The molecule has 1 saturated carbocycles. The van der Waals surface area contributed by atoms with Crippen LogP contribution in [0, 0.1) is 5.92 Å². The van der Waals surface area contributed by atoms with Crippen LogP contribution in [0.25, 0.3) is 0 Å². The highest BCUT2D eigenvalue weighted by atomic mass is 35.5. The van der Waals surface area contributed by atoms with Gasteiger partial charge in [-0.25, -0.2) is 8.42 Å². The van der Waals surface area contributed by atoms with Crippen molar-refractivity contribution in [2.75, 3.05) is 10.0 Å². The second-order valence-corrected chi connectivity index (χ2v) is 7.47. The predicted octanol–water partition coefficient (Wildman–Crippen LogP) is 3.49. The standard InChI is InChI=1S/C16H15ClN2O3S/c17-14-6-1-2-7-15(14)19-23(21,22)13-5-3-4-12(10-13)18-16(20)11-8-9-11/h1-7,10-11,19H,8-9H2,(H,18,20). The van der Waals surface area contributed by atoms with Crippen LogP contribution in [0.3, 0.4) is 0 Å². The molecule has 1 fully saturated rings. The van der Waals surface area contributed by atoms with Crippen molar-refractivity contribution >= 4 is 38.9 Å². The minimum absolute atomic E-state index is 0.0523. The summed E-state index contributed by atoms with van der Waals surface area (Å²) in [5.41, 5.74) is 0.769. The van der Waals surface area contributed by atoms with Gasteiger partial charge < -0.3 is 5.32 Å². The van der Waals surface area contributed by atoms with E-state index in [0.29, 0.717) is 16.4 Å². The van der Waals surface area contributed by atoms with Crippen molar-refractivity contribution in [2.45, 2.75) is 17.7 Å². The summed E-state index contributed by atoms with van der Waals surface area (Å²) in [6.07, 6.45) is 1.77. The highest BCUT2D eigenvalue weighted by Gasteiger charge is 2.29. The van der Waals surface area contributed by atoms with Crippen LogP contribution < -0.4 is 10.0 Å². The third-order valence-corrected chi connectivity index (χ3v) is 5.17. The number of anilines is 2. The average molecular weight is 351 g/mol. The third-order valence-electron chi connectivity index (χ3n) is 3.48. The quantitative estimate of drug-likeness (QED) is 0.866. The number of hydrogen-bond donors (Lipinski definition) is 2. The summed E-state index contributed by atoms with van der Waals surface area (Å²) in [5.74, 6) is -0.0184. The van der Waals surface area contributed by atoms with E-state index in [1.807, 2.05) is 0 Å². The highest BCUT2D eigenvalue weighted by molar-refractivity contribution is 7.92. The van der Waals surface area contributed by atoms with Gasteiger partial charge in [0.05, 0.1) is 15.6 Å². The Morgan fingerprint density at radius 1 is 1.09 bits per heavy atom. The van der Waals surface area contributed by atoms with Gasteiger partial charge in [0.1, 0.15) is 0 Å². The summed E-state index contributed by atoms with van der Waals surface area (Å²) < 4.78 is 27.4. The minimum Gasteiger partial charge on any atom is -0.326 e. The van der Waals surface area contributed by atoms with Gasteiger partial charge in [-0.1, -0.05) is 29.8 Å². The van der Waals surface area contributed by atoms with Crippen LogP contribution in [-0.4, -0.2) is 14.3 Å². The lowest BCUT2D eigenvalue weighted by molar-refractivity contribution is -0.117. The SMILES string of the molecule is O=C(Nc1cccc(S(=O)(=O)Nc2ccccc2Cl)c1)C1CC1. The van der Waals surface area contributed by atoms with Crippen molar-refractivity contribution < 1.29 is 13.2 Å². The van der Waals surface area contributed by atoms with E-state index >= 15 is 0 Å². The number of amides is 1. The average Bonchev–Trinajstić information content (AvgIpc) is 3.34. The van der Waals surface area contributed by atoms with Gasteiger partial charge in [0.2, 0.25) is 5.91 Å². The van der Waals surface area contributed by atoms with Crippen LogP contribution in [-0.2, 0) is 14.8 Å².